The molecule has 4 nitrogen and oxygen atoms in total. The first-order chi connectivity index (χ1) is 8.06. The van der Waals surface area contributed by atoms with E-state index >= 15 is 0 Å². The number of nitriles is 1. The van der Waals surface area contributed by atoms with Gasteiger partial charge in [-0.2, -0.15) is 5.26 Å². The van der Waals surface area contributed by atoms with E-state index in [0.29, 0.717) is 31.0 Å². The summed E-state index contributed by atoms with van der Waals surface area (Å²) < 4.78 is 4.70. The third kappa shape index (κ3) is 6.08. The maximum absolute atomic E-state index is 11.4. The highest BCUT2D eigenvalue weighted by atomic mass is 16.5. The van der Waals surface area contributed by atoms with Gasteiger partial charge in [0, 0.05) is 31.1 Å². The second-order valence-electron chi connectivity index (χ2n) is 4.07. The van der Waals surface area contributed by atoms with Gasteiger partial charge >= 0.3 is 5.97 Å². The molecule has 4 heteroatoms. The Labute approximate surface area is 104 Å². The summed E-state index contributed by atoms with van der Waals surface area (Å²) in [5.41, 5.74) is 0.690. The third-order valence-electron chi connectivity index (χ3n) is 2.64. The smallest absolute Gasteiger partial charge is 0.333 e. The van der Waals surface area contributed by atoms with E-state index in [1.807, 2.05) is 13.0 Å². The van der Waals surface area contributed by atoms with Crippen molar-refractivity contribution in [1.82, 2.24) is 4.90 Å². The number of methoxy groups -OCH3 is 1. The molecule has 0 radical (unpaired) electrons. The van der Waals surface area contributed by atoms with Crippen molar-refractivity contribution in [2.45, 2.75) is 39.7 Å². The summed E-state index contributed by atoms with van der Waals surface area (Å²) in [4.78, 5) is 13.5. The summed E-state index contributed by atoms with van der Waals surface area (Å²) in [6, 6.07) is 2.49. The number of hydrogen-bond donors (Lipinski definition) is 0. The fraction of sp³-hybridized carbons (Fsp3) is 0.692. The highest BCUT2D eigenvalue weighted by Gasteiger charge is 2.10. The van der Waals surface area contributed by atoms with Crippen LogP contribution >= 0.6 is 0 Å². The van der Waals surface area contributed by atoms with Gasteiger partial charge in [-0.05, 0) is 20.3 Å². The quantitative estimate of drug-likeness (QED) is 0.503. The molecule has 0 aromatic carbocycles. The zero-order valence-electron chi connectivity index (χ0n) is 11.2. The predicted molar refractivity (Wildman–Crippen MR) is 67.3 cm³/mol. The summed E-state index contributed by atoms with van der Waals surface area (Å²) in [5.74, 6) is -0.267. The van der Waals surface area contributed by atoms with Crippen LogP contribution in [0.3, 0.4) is 0 Å². The lowest BCUT2D eigenvalue weighted by molar-refractivity contribution is -0.136. The molecule has 0 atom stereocenters. The molecule has 96 valence electrons. The van der Waals surface area contributed by atoms with Crippen molar-refractivity contribution in [2.24, 2.45) is 0 Å². The van der Waals surface area contributed by atoms with Crippen LogP contribution in [0, 0.1) is 11.3 Å². The van der Waals surface area contributed by atoms with E-state index in [9.17, 15) is 4.79 Å². The number of carbonyl (C=O) groups is 1. The third-order valence-corrected chi connectivity index (χ3v) is 2.64. The molecule has 0 saturated heterocycles. The lowest BCUT2D eigenvalue weighted by atomic mass is 10.2. The molecular weight excluding hydrogens is 216 g/mol. The average molecular weight is 238 g/mol. The lowest BCUT2D eigenvalue weighted by Gasteiger charge is -2.24. The maximum atomic E-state index is 11.4. The highest BCUT2D eigenvalue weighted by Crippen LogP contribution is 2.06. The SMILES string of the molecule is CCC(=CCN(CCC#N)C(C)C)C(=O)OC. The number of carbonyl (C=O) groups excluding carboxylic acids is 1. The van der Waals surface area contributed by atoms with E-state index in [-0.39, 0.29) is 5.97 Å². The Hall–Kier alpha value is -1.34. The van der Waals surface area contributed by atoms with E-state index in [4.69, 9.17) is 10.00 Å². The van der Waals surface area contributed by atoms with Gasteiger partial charge in [0.2, 0.25) is 0 Å². The van der Waals surface area contributed by atoms with Gasteiger partial charge in [-0.1, -0.05) is 13.0 Å². The zero-order valence-corrected chi connectivity index (χ0v) is 11.2. The van der Waals surface area contributed by atoms with Crippen molar-refractivity contribution in [3.05, 3.63) is 11.6 Å². The Morgan fingerprint density at radius 1 is 1.53 bits per heavy atom. The van der Waals surface area contributed by atoms with Crippen molar-refractivity contribution >= 4 is 5.97 Å². The van der Waals surface area contributed by atoms with E-state index in [1.54, 1.807) is 0 Å². The van der Waals surface area contributed by atoms with Crippen LogP contribution in [0.25, 0.3) is 0 Å². The van der Waals surface area contributed by atoms with Crippen LogP contribution in [-0.4, -0.2) is 37.1 Å². The number of esters is 1. The Kier molecular flexibility index (Phi) is 8.08. The number of ether oxygens (including phenoxy) is 1. The number of nitrogens with zero attached hydrogens (tertiary/aromatic N) is 2. The minimum atomic E-state index is -0.267. The topological polar surface area (TPSA) is 53.3 Å². The molecule has 0 saturated carbocycles. The lowest BCUT2D eigenvalue weighted by Crippen LogP contribution is -2.32. The highest BCUT2D eigenvalue weighted by molar-refractivity contribution is 5.88. The van der Waals surface area contributed by atoms with Crippen molar-refractivity contribution < 1.29 is 9.53 Å². The van der Waals surface area contributed by atoms with Crippen LogP contribution in [-0.2, 0) is 9.53 Å². The summed E-state index contributed by atoms with van der Waals surface area (Å²) in [5, 5.41) is 8.58. The first-order valence-electron chi connectivity index (χ1n) is 5.95. The van der Waals surface area contributed by atoms with Crippen molar-refractivity contribution in [3.8, 4) is 6.07 Å². The molecule has 0 bridgehead atoms. The molecule has 0 rings (SSSR count). The minimum absolute atomic E-state index is 0.267. The summed E-state index contributed by atoms with van der Waals surface area (Å²) >= 11 is 0. The van der Waals surface area contributed by atoms with E-state index in [0.717, 1.165) is 6.54 Å². The molecule has 0 fully saturated rings. The van der Waals surface area contributed by atoms with E-state index < -0.39 is 0 Å². The molecule has 0 heterocycles. The summed E-state index contributed by atoms with van der Waals surface area (Å²) in [6.07, 6.45) is 3.06. The van der Waals surface area contributed by atoms with Crippen LogP contribution in [0.5, 0.6) is 0 Å². The maximum Gasteiger partial charge on any atom is 0.333 e. The monoisotopic (exact) mass is 238 g/mol. The zero-order chi connectivity index (χ0) is 13.3. The van der Waals surface area contributed by atoms with E-state index in [2.05, 4.69) is 24.8 Å². The minimum Gasteiger partial charge on any atom is -0.466 e. The predicted octanol–water partition coefficient (Wildman–Crippen LogP) is 2.12. The van der Waals surface area contributed by atoms with Crippen molar-refractivity contribution in [3.63, 3.8) is 0 Å². The van der Waals surface area contributed by atoms with Crippen molar-refractivity contribution in [1.29, 1.82) is 5.26 Å². The second kappa shape index (κ2) is 8.77. The molecule has 0 aromatic heterocycles. The van der Waals surface area contributed by atoms with Gasteiger partial charge < -0.3 is 4.74 Å². The van der Waals surface area contributed by atoms with Crippen LogP contribution < -0.4 is 0 Å². The van der Waals surface area contributed by atoms with Gasteiger partial charge in [-0.25, -0.2) is 4.79 Å². The van der Waals surface area contributed by atoms with Crippen LogP contribution in [0.4, 0.5) is 0 Å². The normalized spacial score (nSPS) is 11.7. The van der Waals surface area contributed by atoms with Gasteiger partial charge in [-0.3, -0.25) is 4.90 Å². The molecule has 0 aromatic rings. The molecular formula is C13H22N2O2. The molecule has 0 N–H and O–H groups in total. The van der Waals surface area contributed by atoms with Gasteiger partial charge in [0.05, 0.1) is 13.2 Å². The molecule has 0 spiro atoms. The average Bonchev–Trinajstić information content (AvgIpc) is 2.32. The largest absolute Gasteiger partial charge is 0.466 e. The van der Waals surface area contributed by atoms with Gasteiger partial charge in [0.15, 0.2) is 0 Å². The Bertz CT molecular complexity index is 303. The Morgan fingerprint density at radius 3 is 2.59 bits per heavy atom. The van der Waals surface area contributed by atoms with E-state index in [1.165, 1.54) is 7.11 Å². The van der Waals surface area contributed by atoms with Crippen molar-refractivity contribution in [2.75, 3.05) is 20.2 Å². The van der Waals surface area contributed by atoms with Gasteiger partial charge in [0.25, 0.3) is 0 Å². The summed E-state index contributed by atoms with van der Waals surface area (Å²) in [7, 11) is 1.39. The fourth-order valence-corrected chi connectivity index (χ4v) is 1.48. The Balaban J connectivity index is 4.49. The van der Waals surface area contributed by atoms with Crippen LogP contribution in [0.2, 0.25) is 0 Å². The first kappa shape index (κ1) is 15.7. The summed E-state index contributed by atoms with van der Waals surface area (Å²) in [6.45, 7) is 7.49. The number of hydrogen-bond acceptors (Lipinski definition) is 4. The second-order valence-corrected chi connectivity index (χ2v) is 4.07. The van der Waals surface area contributed by atoms with Crippen LogP contribution in [0.1, 0.15) is 33.6 Å². The standard InChI is InChI=1S/C13H22N2O2/c1-5-12(13(16)17-4)7-10-15(11(2)3)9-6-8-14/h7,11H,5-6,9-10H2,1-4H3. The molecule has 0 aliphatic carbocycles. The molecule has 0 unspecified atom stereocenters. The molecule has 0 aliphatic heterocycles. The van der Waals surface area contributed by atoms with Crippen LogP contribution in [0.15, 0.2) is 11.6 Å². The number of rotatable bonds is 7. The molecule has 17 heavy (non-hydrogen) atoms. The first-order valence-corrected chi connectivity index (χ1v) is 5.95. The molecule has 0 aliphatic rings. The van der Waals surface area contributed by atoms with Gasteiger partial charge in [-0.15, -0.1) is 0 Å². The fourth-order valence-electron chi connectivity index (χ4n) is 1.48. The molecule has 0 amide bonds. The Morgan fingerprint density at radius 2 is 2.18 bits per heavy atom. The van der Waals surface area contributed by atoms with Gasteiger partial charge in [0.1, 0.15) is 0 Å².